The molecule has 0 aliphatic carbocycles. The molecule has 0 aromatic heterocycles. The molecule has 0 atom stereocenters. The number of nitro groups is 1. The van der Waals surface area contributed by atoms with E-state index in [1.807, 2.05) is 0 Å². The fraction of sp³-hybridized carbons (Fsp3) is 0.167. The Hall–Kier alpha value is -3.64. The van der Waals surface area contributed by atoms with E-state index in [0.717, 1.165) is 4.31 Å². The first-order valence-corrected chi connectivity index (χ1v) is 9.94. The number of rotatable bonds is 8. The van der Waals surface area contributed by atoms with E-state index in [4.69, 9.17) is 0 Å². The number of carbonyl (C=O) groups is 2. The number of hydrogen-bond acceptors (Lipinski definition) is 7. The van der Waals surface area contributed by atoms with Crippen molar-refractivity contribution >= 4 is 39.4 Å². The molecule has 2 rings (SSSR count). The summed E-state index contributed by atoms with van der Waals surface area (Å²) in [6.07, 6.45) is 1.27. The molecule has 0 unspecified atom stereocenters. The van der Waals surface area contributed by atoms with E-state index in [2.05, 4.69) is 15.8 Å². The Balaban J connectivity index is 1.95. The standard InChI is InChI=1S/C18H19N5O6S/c1-13(24)20-15-5-9-17(10-6-15)30(28,29)22(2)12-18(25)21-19-11-14-3-7-16(8-4-14)23(26)27/h3-11H,12H2,1-2H3,(H,20,24)(H,21,25)/b19-11+. The van der Waals surface area contributed by atoms with Gasteiger partial charge < -0.3 is 5.32 Å². The van der Waals surface area contributed by atoms with E-state index < -0.39 is 27.4 Å². The van der Waals surface area contributed by atoms with E-state index >= 15 is 0 Å². The molecule has 2 aromatic rings. The van der Waals surface area contributed by atoms with Gasteiger partial charge in [-0.15, -0.1) is 0 Å². The summed E-state index contributed by atoms with van der Waals surface area (Å²) in [6, 6.07) is 11.0. The second-order valence-electron chi connectivity index (χ2n) is 6.11. The first-order valence-electron chi connectivity index (χ1n) is 8.50. The van der Waals surface area contributed by atoms with Gasteiger partial charge in [0, 0.05) is 31.8 Å². The normalized spacial score (nSPS) is 11.4. The van der Waals surface area contributed by atoms with Crippen LogP contribution in [0.2, 0.25) is 0 Å². The number of anilines is 1. The average Bonchev–Trinajstić information content (AvgIpc) is 2.68. The van der Waals surface area contributed by atoms with Crippen molar-refractivity contribution in [2.75, 3.05) is 18.9 Å². The summed E-state index contributed by atoms with van der Waals surface area (Å²) in [5.74, 6) is -0.956. The van der Waals surface area contributed by atoms with Crippen molar-refractivity contribution in [2.45, 2.75) is 11.8 Å². The molecule has 2 aromatic carbocycles. The molecular formula is C18H19N5O6S. The van der Waals surface area contributed by atoms with Crippen molar-refractivity contribution < 1.29 is 22.9 Å². The predicted molar refractivity (Wildman–Crippen MR) is 109 cm³/mol. The molecule has 0 aliphatic rings. The minimum Gasteiger partial charge on any atom is -0.326 e. The number of hydrogen-bond donors (Lipinski definition) is 2. The first-order chi connectivity index (χ1) is 14.1. The Kier molecular flexibility index (Phi) is 7.33. The molecule has 0 fully saturated rings. The van der Waals surface area contributed by atoms with Crippen LogP contribution in [0, 0.1) is 10.1 Å². The van der Waals surface area contributed by atoms with Gasteiger partial charge in [-0.25, -0.2) is 13.8 Å². The lowest BCUT2D eigenvalue weighted by atomic mass is 10.2. The SMILES string of the molecule is CC(=O)Nc1ccc(S(=O)(=O)N(C)CC(=O)N/N=C/c2ccc([N+](=O)[O-])cc2)cc1. The highest BCUT2D eigenvalue weighted by molar-refractivity contribution is 7.89. The highest BCUT2D eigenvalue weighted by Crippen LogP contribution is 2.17. The van der Waals surface area contributed by atoms with Crippen LogP contribution >= 0.6 is 0 Å². The molecule has 11 nitrogen and oxygen atoms in total. The summed E-state index contributed by atoms with van der Waals surface area (Å²) in [4.78, 5) is 33.0. The van der Waals surface area contributed by atoms with Crippen LogP contribution in [0.1, 0.15) is 12.5 Å². The maximum atomic E-state index is 12.5. The maximum absolute atomic E-state index is 12.5. The molecule has 2 N–H and O–H groups in total. The number of likely N-dealkylation sites (N-methyl/N-ethyl adjacent to an activating group) is 1. The third-order valence-electron chi connectivity index (χ3n) is 3.76. The minimum atomic E-state index is -3.93. The predicted octanol–water partition coefficient (Wildman–Crippen LogP) is 1.32. The lowest BCUT2D eigenvalue weighted by Crippen LogP contribution is -2.36. The Bertz CT molecular complexity index is 1070. The number of nitro benzene ring substituents is 1. The van der Waals surface area contributed by atoms with Crippen LogP contribution in [-0.2, 0) is 19.6 Å². The summed E-state index contributed by atoms with van der Waals surface area (Å²) < 4.78 is 26.0. The smallest absolute Gasteiger partial charge is 0.269 e. The van der Waals surface area contributed by atoms with E-state index in [0.29, 0.717) is 11.3 Å². The Labute approximate surface area is 172 Å². The number of non-ortho nitro benzene ring substituents is 1. The molecule has 0 saturated heterocycles. The van der Waals surface area contributed by atoms with E-state index in [9.17, 15) is 28.1 Å². The molecule has 0 bridgehead atoms. The second-order valence-corrected chi connectivity index (χ2v) is 8.15. The quantitative estimate of drug-likeness (QED) is 0.364. The highest BCUT2D eigenvalue weighted by atomic mass is 32.2. The van der Waals surface area contributed by atoms with Gasteiger partial charge in [-0.1, -0.05) is 0 Å². The highest BCUT2D eigenvalue weighted by Gasteiger charge is 2.22. The van der Waals surface area contributed by atoms with E-state index in [1.54, 1.807) is 0 Å². The number of nitrogens with one attached hydrogen (secondary N) is 2. The fourth-order valence-electron chi connectivity index (χ4n) is 2.28. The third-order valence-corrected chi connectivity index (χ3v) is 5.57. The number of sulfonamides is 1. The molecule has 0 aliphatic heterocycles. The van der Waals surface area contributed by atoms with Gasteiger partial charge in [0.2, 0.25) is 15.9 Å². The Morgan fingerprint density at radius 2 is 1.73 bits per heavy atom. The van der Waals surface area contributed by atoms with Gasteiger partial charge >= 0.3 is 0 Å². The van der Waals surface area contributed by atoms with Crippen LogP contribution in [0.3, 0.4) is 0 Å². The number of hydrazone groups is 1. The summed E-state index contributed by atoms with van der Waals surface area (Å²) in [5.41, 5.74) is 3.08. The van der Waals surface area contributed by atoms with Crippen molar-refractivity contribution in [3.63, 3.8) is 0 Å². The zero-order chi connectivity index (χ0) is 22.3. The van der Waals surface area contributed by atoms with Gasteiger partial charge in [-0.05, 0) is 42.0 Å². The van der Waals surface area contributed by atoms with Gasteiger partial charge in [0.1, 0.15) is 0 Å². The molecule has 0 heterocycles. The van der Waals surface area contributed by atoms with Gasteiger partial charge in [-0.2, -0.15) is 9.41 Å². The zero-order valence-corrected chi connectivity index (χ0v) is 16.9. The third kappa shape index (κ3) is 6.18. The molecule has 30 heavy (non-hydrogen) atoms. The van der Waals surface area contributed by atoms with Gasteiger partial charge in [0.25, 0.3) is 11.6 Å². The Morgan fingerprint density at radius 1 is 1.13 bits per heavy atom. The van der Waals surface area contributed by atoms with Crippen LogP contribution in [0.4, 0.5) is 11.4 Å². The summed E-state index contributed by atoms with van der Waals surface area (Å²) in [6.45, 7) is 0.856. The molecular weight excluding hydrogens is 414 g/mol. The second kappa shape index (κ2) is 9.71. The number of nitrogens with zero attached hydrogens (tertiary/aromatic N) is 3. The minimum absolute atomic E-state index is 0.0405. The molecule has 0 radical (unpaired) electrons. The van der Waals surface area contributed by atoms with Crippen LogP contribution in [-0.4, -0.2) is 49.3 Å². The van der Waals surface area contributed by atoms with Gasteiger partial charge in [0.05, 0.1) is 22.6 Å². The fourth-order valence-corrected chi connectivity index (χ4v) is 3.40. The van der Waals surface area contributed by atoms with Crippen molar-refractivity contribution in [1.82, 2.24) is 9.73 Å². The number of amides is 2. The van der Waals surface area contributed by atoms with E-state index in [-0.39, 0.29) is 16.5 Å². The van der Waals surface area contributed by atoms with Crippen LogP contribution < -0.4 is 10.7 Å². The van der Waals surface area contributed by atoms with Crippen molar-refractivity contribution in [1.29, 1.82) is 0 Å². The van der Waals surface area contributed by atoms with Crippen molar-refractivity contribution in [3.05, 3.63) is 64.2 Å². The van der Waals surface area contributed by atoms with E-state index in [1.165, 1.54) is 68.7 Å². The van der Waals surface area contributed by atoms with Gasteiger partial charge in [-0.3, -0.25) is 19.7 Å². The molecule has 2 amide bonds. The molecule has 158 valence electrons. The molecule has 0 spiro atoms. The summed E-state index contributed by atoms with van der Waals surface area (Å²) in [5, 5.41) is 16.8. The largest absolute Gasteiger partial charge is 0.326 e. The first kappa shape index (κ1) is 22.6. The van der Waals surface area contributed by atoms with Crippen LogP contribution in [0.15, 0.2) is 58.5 Å². The average molecular weight is 433 g/mol. The Morgan fingerprint density at radius 3 is 2.27 bits per heavy atom. The number of benzene rings is 2. The monoisotopic (exact) mass is 433 g/mol. The van der Waals surface area contributed by atoms with Crippen LogP contribution in [0.25, 0.3) is 0 Å². The van der Waals surface area contributed by atoms with Crippen molar-refractivity contribution in [2.24, 2.45) is 5.10 Å². The summed E-state index contributed by atoms with van der Waals surface area (Å²) >= 11 is 0. The summed E-state index contributed by atoms with van der Waals surface area (Å²) in [7, 11) is -2.68. The van der Waals surface area contributed by atoms with Crippen LogP contribution in [0.5, 0.6) is 0 Å². The topological polar surface area (TPSA) is 151 Å². The molecule has 12 heteroatoms. The zero-order valence-electron chi connectivity index (χ0n) is 16.1. The molecule has 0 saturated carbocycles. The maximum Gasteiger partial charge on any atom is 0.269 e. The van der Waals surface area contributed by atoms with Crippen molar-refractivity contribution in [3.8, 4) is 0 Å². The lowest BCUT2D eigenvalue weighted by molar-refractivity contribution is -0.384. The number of carbonyl (C=O) groups excluding carboxylic acids is 2. The lowest BCUT2D eigenvalue weighted by Gasteiger charge is -2.16. The van der Waals surface area contributed by atoms with Gasteiger partial charge in [0.15, 0.2) is 0 Å².